The van der Waals surface area contributed by atoms with Gasteiger partial charge in [0.2, 0.25) is 0 Å². The molecule has 0 aromatic heterocycles. The average Bonchev–Trinajstić information content (AvgIpc) is 2.41. The van der Waals surface area contributed by atoms with Crippen molar-refractivity contribution in [1.29, 1.82) is 0 Å². The van der Waals surface area contributed by atoms with E-state index in [1.807, 2.05) is 12.1 Å². The molecule has 1 aromatic rings. The highest BCUT2D eigenvalue weighted by Crippen LogP contribution is 2.28. The van der Waals surface area contributed by atoms with Crippen molar-refractivity contribution in [3.63, 3.8) is 0 Å². The first-order chi connectivity index (χ1) is 9.13. The maximum absolute atomic E-state index is 9.82. The molecule has 0 aliphatic carbocycles. The first-order valence-electron chi connectivity index (χ1n) is 6.94. The van der Waals surface area contributed by atoms with Crippen LogP contribution in [0.25, 0.3) is 0 Å². The van der Waals surface area contributed by atoms with Gasteiger partial charge >= 0.3 is 0 Å². The van der Waals surface area contributed by atoms with Crippen LogP contribution in [0.1, 0.15) is 25.3 Å². The van der Waals surface area contributed by atoms with E-state index in [1.54, 1.807) is 13.2 Å². The van der Waals surface area contributed by atoms with Gasteiger partial charge in [0.1, 0.15) is 0 Å². The van der Waals surface area contributed by atoms with Crippen molar-refractivity contribution < 1.29 is 9.84 Å². The van der Waals surface area contributed by atoms with E-state index >= 15 is 0 Å². The van der Waals surface area contributed by atoms with Gasteiger partial charge in [0.25, 0.3) is 0 Å². The second-order valence-corrected chi connectivity index (χ2v) is 5.46. The van der Waals surface area contributed by atoms with E-state index < -0.39 is 0 Å². The highest BCUT2D eigenvalue weighted by atomic mass is 16.5. The molecule has 0 radical (unpaired) electrons. The zero-order valence-electron chi connectivity index (χ0n) is 11.8. The predicted octanol–water partition coefficient (Wildman–Crippen LogP) is 1.96. The fourth-order valence-electron chi connectivity index (χ4n) is 2.74. The summed E-state index contributed by atoms with van der Waals surface area (Å²) in [6, 6.07) is 6.20. The molecule has 4 heteroatoms. The molecule has 3 N–H and O–H groups in total. The Morgan fingerprint density at radius 3 is 2.84 bits per heavy atom. The van der Waals surface area contributed by atoms with E-state index in [2.05, 4.69) is 11.8 Å². The minimum atomic E-state index is 0.208. The number of methoxy groups -OCH3 is 1. The molecule has 0 bridgehead atoms. The molecule has 4 nitrogen and oxygen atoms in total. The number of piperidine rings is 1. The molecule has 1 aromatic carbocycles. The Bertz CT molecular complexity index is 423. The summed E-state index contributed by atoms with van der Waals surface area (Å²) in [4.78, 5) is 2.45. The smallest absolute Gasteiger partial charge is 0.160 e. The van der Waals surface area contributed by atoms with Crippen molar-refractivity contribution >= 4 is 0 Å². The fourth-order valence-corrected chi connectivity index (χ4v) is 2.74. The third kappa shape index (κ3) is 3.39. The Morgan fingerprint density at radius 1 is 1.42 bits per heavy atom. The minimum Gasteiger partial charge on any atom is -0.504 e. The van der Waals surface area contributed by atoms with Crippen LogP contribution in [0.4, 0.5) is 0 Å². The Labute approximate surface area is 115 Å². The maximum atomic E-state index is 9.82. The summed E-state index contributed by atoms with van der Waals surface area (Å²) in [5, 5.41) is 9.82. The number of hydrogen-bond acceptors (Lipinski definition) is 4. The van der Waals surface area contributed by atoms with Gasteiger partial charge in [-0.25, -0.2) is 0 Å². The number of aromatic hydroxyl groups is 1. The van der Waals surface area contributed by atoms with Crippen LogP contribution < -0.4 is 10.5 Å². The van der Waals surface area contributed by atoms with Crippen molar-refractivity contribution in [2.75, 3.05) is 20.2 Å². The fraction of sp³-hybridized carbons (Fsp3) is 0.600. The van der Waals surface area contributed by atoms with Gasteiger partial charge in [0.05, 0.1) is 7.11 Å². The molecular weight excluding hydrogens is 240 g/mol. The molecule has 1 heterocycles. The molecule has 1 saturated heterocycles. The lowest BCUT2D eigenvalue weighted by molar-refractivity contribution is 0.113. The molecule has 1 aliphatic rings. The zero-order chi connectivity index (χ0) is 13.8. The number of benzene rings is 1. The van der Waals surface area contributed by atoms with Gasteiger partial charge in [-0.3, -0.25) is 4.90 Å². The number of likely N-dealkylation sites (tertiary alicyclic amines) is 1. The molecule has 0 amide bonds. The van der Waals surface area contributed by atoms with E-state index in [4.69, 9.17) is 10.5 Å². The van der Waals surface area contributed by atoms with Crippen molar-refractivity contribution in [3.8, 4) is 11.5 Å². The highest BCUT2D eigenvalue weighted by Gasteiger charge is 2.24. The van der Waals surface area contributed by atoms with E-state index in [0.29, 0.717) is 17.7 Å². The Hall–Kier alpha value is -1.26. The normalized spacial score (nSPS) is 24.4. The van der Waals surface area contributed by atoms with E-state index in [9.17, 15) is 5.11 Å². The quantitative estimate of drug-likeness (QED) is 0.873. The first-order valence-corrected chi connectivity index (χ1v) is 6.94. The van der Waals surface area contributed by atoms with Crippen LogP contribution >= 0.6 is 0 Å². The standard InChI is InChI=1S/C15H24N2O2/c1-11-3-4-13(8-16)10-17(11)9-12-5-6-15(19-2)14(18)7-12/h5-7,11,13,18H,3-4,8-10,16H2,1-2H3. The van der Waals surface area contributed by atoms with Gasteiger partial charge in [0.15, 0.2) is 11.5 Å². The summed E-state index contributed by atoms with van der Waals surface area (Å²) in [6.07, 6.45) is 2.42. The summed E-state index contributed by atoms with van der Waals surface area (Å²) in [5.74, 6) is 1.33. The van der Waals surface area contributed by atoms with Crippen molar-refractivity contribution in [1.82, 2.24) is 4.90 Å². The van der Waals surface area contributed by atoms with E-state index in [1.165, 1.54) is 12.8 Å². The van der Waals surface area contributed by atoms with Gasteiger partial charge in [-0.05, 0) is 49.9 Å². The van der Waals surface area contributed by atoms with Crippen LogP contribution in [0.5, 0.6) is 11.5 Å². The molecular formula is C15H24N2O2. The monoisotopic (exact) mass is 264 g/mol. The van der Waals surface area contributed by atoms with Crippen LogP contribution in [-0.4, -0.2) is 36.2 Å². The minimum absolute atomic E-state index is 0.208. The zero-order valence-corrected chi connectivity index (χ0v) is 11.8. The summed E-state index contributed by atoms with van der Waals surface area (Å²) in [7, 11) is 1.56. The van der Waals surface area contributed by atoms with Gasteiger partial charge in [-0.1, -0.05) is 6.07 Å². The third-order valence-electron chi connectivity index (χ3n) is 4.07. The molecule has 2 rings (SSSR count). The van der Waals surface area contributed by atoms with Crippen LogP contribution in [-0.2, 0) is 6.54 Å². The molecule has 19 heavy (non-hydrogen) atoms. The lowest BCUT2D eigenvalue weighted by atomic mass is 9.93. The molecule has 0 saturated carbocycles. The third-order valence-corrected chi connectivity index (χ3v) is 4.07. The first kappa shape index (κ1) is 14.2. The second kappa shape index (κ2) is 6.26. The molecule has 0 spiro atoms. The molecule has 2 atom stereocenters. The SMILES string of the molecule is COc1ccc(CN2CC(CN)CCC2C)cc1O. The van der Waals surface area contributed by atoms with Gasteiger partial charge in [-0.2, -0.15) is 0 Å². The number of ether oxygens (including phenoxy) is 1. The molecule has 106 valence electrons. The van der Waals surface area contributed by atoms with E-state index in [0.717, 1.165) is 25.2 Å². The number of nitrogens with zero attached hydrogens (tertiary/aromatic N) is 1. The number of phenols is 1. The van der Waals surface area contributed by atoms with Crippen molar-refractivity contribution in [2.45, 2.75) is 32.4 Å². The summed E-state index contributed by atoms with van der Waals surface area (Å²) in [6.45, 7) is 4.92. The number of rotatable bonds is 4. The van der Waals surface area contributed by atoms with Gasteiger partial charge in [0, 0.05) is 19.1 Å². The predicted molar refractivity (Wildman–Crippen MR) is 76.3 cm³/mol. The average molecular weight is 264 g/mol. The van der Waals surface area contributed by atoms with E-state index in [-0.39, 0.29) is 5.75 Å². The molecule has 2 unspecified atom stereocenters. The summed E-state index contributed by atoms with van der Waals surface area (Å²) in [5.41, 5.74) is 6.90. The van der Waals surface area contributed by atoms with Crippen LogP contribution in [0.15, 0.2) is 18.2 Å². The summed E-state index contributed by atoms with van der Waals surface area (Å²) >= 11 is 0. The van der Waals surface area contributed by atoms with Crippen molar-refractivity contribution in [3.05, 3.63) is 23.8 Å². The highest BCUT2D eigenvalue weighted by molar-refractivity contribution is 5.41. The van der Waals surface area contributed by atoms with Crippen molar-refractivity contribution in [2.24, 2.45) is 11.7 Å². The Morgan fingerprint density at radius 2 is 2.21 bits per heavy atom. The Kier molecular flexibility index (Phi) is 4.66. The molecule has 1 aliphatic heterocycles. The second-order valence-electron chi connectivity index (χ2n) is 5.46. The van der Waals surface area contributed by atoms with Crippen LogP contribution in [0.2, 0.25) is 0 Å². The topological polar surface area (TPSA) is 58.7 Å². The molecule has 1 fully saturated rings. The maximum Gasteiger partial charge on any atom is 0.160 e. The van der Waals surface area contributed by atoms with Crippen LogP contribution in [0, 0.1) is 5.92 Å². The summed E-state index contributed by atoms with van der Waals surface area (Å²) < 4.78 is 5.07. The number of phenolic OH excluding ortho intramolecular Hbond substituents is 1. The Balaban J connectivity index is 2.05. The van der Waals surface area contributed by atoms with Gasteiger partial charge in [-0.15, -0.1) is 0 Å². The lowest BCUT2D eigenvalue weighted by Gasteiger charge is -2.37. The van der Waals surface area contributed by atoms with Crippen LogP contribution in [0.3, 0.4) is 0 Å². The number of nitrogens with two attached hydrogens (primary N) is 1. The lowest BCUT2D eigenvalue weighted by Crippen LogP contribution is -2.43. The van der Waals surface area contributed by atoms with Gasteiger partial charge < -0.3 is 15.6 Å². The number of hydrogen-bond donors (Lipinski definition) is 2. The largest absolute Gasteiger partial charge is 0.504 e.